The molecule has 0 saturated carbocycles. The Morgan fingerprint density at radius 2 is 0.522 bits per heavy atom. The van der Waals surface area contributed by atoms with Crippen molar-refractivity contribution >= 4 is 17.9 Å². The number of carbonyl (C=O) groups is 3. The van der Waals surface area contributed by atoms with Gasteiger partial charge in [-0.05, 0) is 128 Å². The first-order valence-electron chi connectivity index (χ1n) is 27.7. The van der Waals surface area contributed by atoms with Gasteiger partial charge in [0.25, 0.3) is 0 Å². The number of rotatable bonds is 48. The van der Waals surface area contributed by atoms with Gasteiger partial charge in [0.2, 0.25) is 0 Å². The number of hydrogen-bond donors (Lipinski definition) is 0. The van der Waals surface area contributed by atoms with Crippen LogP contribution in [0.15, 0.2) is 134 Å². The number of allylic oxidation sites excluding steroid dienone is 22. The van der Waals surface area contributed by atoms with Crippen LogP contribution in [0.3, 0.4) is 0 Å². The van der Waals surface area contributed by atoms with Gasteiger partial charge in [-0.2, -0.15) is 0 Å². The van der Waals surface area contributed by atoms with Crippen LogP contribution in [-0.2, 0) is 28.6 Å². The summed E-state index contributed by atoms with van der Waals surface area (Å²) in [6.45, 7) is 6.23. The van der Waals surface area contributed by atoms with Crippen molar-refractivity contribution in [1.29, 1.82) is 0 Å². The quantitative estimate of drug-likeness (QED) is 0.0262. The SMILES string of the molecule is CC/C=C\C/C=C\C/C=C\C/C=C\CCCCCC(=O)OCC(COC(=O)CCCCCCCCCCC/C=C\C/C=C\C/C=C\CC)OC(=O)CCCCC/C=C\C/C=C\C/C=C\C/C=C\CC. The number of hydrogen-bond acceptors (Lipinski definition) is 6. The van der Waals surface area contributed by atoms with Gasteiger partial charge >= 0.3 is 17.9 Å². The molecule has 6 nitrogen and oxygen atoms in total. The van der Waals surface area contributed by atoms with E-state index in [4.69, 9.17) is 14.2 Å². The summed E-state index contributed by atoms with van der Waals surface area (Å²) in [5.74, 6) is -0.983. The molecule has 0 aliphatic rings. The van der Waals surface area contributed by atoms with Gasteiger partial charge in [-0.3, -0.25) is 14.4 Å². The van der Waals surface area contributed by atoms with E-state index < -0.39 is 6.10 Å². The maximum absolute atomic E-state index is 12.8. The zero-order chi connectivity index (χ0) is 50.0. The smallest absolute Gasteiger partial charge is 0.306 e. The molecule has 0 rings (SSSR count). The summed E-state index contributed by atoms with van der Waals surface area (Å²) in [4.78, 5) is 38.1. The monoisotopic (exact) mass is 953 g/mol. The van der Waals surface area contributed by atoms with Crippen LogP contribution in [0.1, 0.15) is 226 Å². The van der Waals surface area contributed by atoms with Crippen LogP contribution in [0.2, 0.25) is 0 Å². The highest BCUT2D eigenvalue weighted by Crippen LogP contribution is 2.14. The van der Waals surface area contributed by atoms with Gasteiger partial charge in [0.15, 0.2) is 6.10 Å². The van der Waals surface area contributed by atoms with Crippen molar-refractivity contribution in [2.45, 2.75) is 232 Å². The summed E-state index contributed by atoms with van der Waals surface area (Å²) in [5.41, 5.74) is 0. The van der Waals surface area contributed by atoms with Crippen molar-refractivity contribution < 1.29 is 28.6 Å². The van der Waals surface area contributed by atoms with E-state index in [1.807, 2.05) is 0 Å². The van der Waals surface area contributed by atoms with Crippen LogP contribution in [0, 0.1) is 0 Å². The Bertz CT molecular complexity index is 1510. The molecule has 0 aromatic rings. The van der Waals surface area contributed by atoms with Crippen LogP contribution in [-0.4, -0.2) is 37.2 Å². The minimum absolute atomic E-state index is 0.109. The second-order valence-corrected chi connectivity index (χ2v) is 17.7. The Morgan fingerprint density at radius 1 is 0.290 bits per heavy atom. The lowest BCUT2D eigenvalue weighted by Crippen LogP contribution is -2.30. The third kappa shape index (κ3) is 54.4. The zero-order valence-electron chi connectivity index (χ0n) is 44.3. The minimum Gasteiger partial charge on any atom is -0.462 e. The van der Waals surface area contributed by atoms with Gasteiger partial charge in [-0.25, -0.2) is 0 Å². The van der Waals surface area contributed by atoms with Crippen molar-refractivity contribution in [3.63, 3.8) is 0 Å². The van der Waals surface area contributed by atoms with Gasteiger partial charge in [0, 0.05) is 19.3 Å². The first kappa shape index (κ1) is 64.5. The summed E-state index contributed by atoms with van der Waals surface area (Å²) in [7, 11) is 0. The maximum Gasteiger partial charge on any atom is 0.306 e. The van der Waals surface area contributed by atoms with E-state index in [9.17, 15) is 14.4 Å². The molecule has 0 aliphatic carbocycles. The van der Waals surface area contributed by atoms with Crippen LogP contribution in [0.25, 0.3) is 0 Å². The van der Waals surface area contributed by atoms with E-state index >= 15 is 0 Å². The molecule has 0 amide bonds. The maximum atomic E-state index is 12.8. The lowest BCUT2D eigenvalue weighted by molar-refractivity contribution is -0.167. The third-order valence-corrected chi connectivity index (χ3v) is 11.1. The molecule has 0 bridgehead atoms. The Balaban J connectivity index is 4.51. The molecule has 0 spiro atoms. The summed E-state index contributed by atoms with van der Waals surface area (Å²) in [6, 6.07) is 0. The molecule has 6 heteroatoms. The number of unbranched alkanes of at least 4 members (excludes halogenated alkanes) is 15. The fraction of sp³-hybridized carbons (Fsp3) is 0.603. The standard InChI is InChI=1S/C63H100O6/c1-4-7-10-13-16-19-22-25-28-31-32-33-36-38-41-44-47-50-53-56-62(65)68-59-60(69-63(66)57-54-51-48-45-42-39-35-30-27-24-21-18-15-12-9-6-3)58-67-61(64)55-52-49-46-43-40-37-34-29-26-23-20-17-14-11-8-5-2/h7-12,16-21,25-30,37,39-40,42,60H,4-6,13-15,22-24,31-36,38,41,43-59H2,1-3H3/b10-7-,11-8-,12-9-,19-16-,20-17-,21-18-,28-25-,29-26-,30-27-,40-37-,42-39-. The van der Waals surface area contributed by atoms with E-state index in [0.717, 1.165) is 141 Å². The highest BCUT2D eigenvalue weighted by Gasteiger charge is 2.19. The fourth-order valence-corrected chi connectivity index (χ4v) is 7.08. The molecule has 0 aliphatic heterocycles. The van der Waals surface area contributed by atoms with Crippen molar-refractivity contribution in [3.05, 3.63) is 134 Å². The van der Waals surface area contributed by atoms with Gasteiger partial charge in [-0.1, -0.05) is 212 Å². The third-order valence-electron chi connectivity index (χ3n) is 11.1. The van der Waals surface area contributed by atoms with Crippen molar-refractivity contribution in [1.82, 2.24) is 0 Å². The molecule has 0 aromatic carbocycles. The molecule has 0 N–H and O–H groups in total. The Morgan fingerprint density at radius 3 is 0.826 bits per heavy atom. The van der Waals surface area contributed by atoms with E-state index in [0.29, 0.717) is 19.3 Å². The van der Waals surface area contributed by atoms with E-state index in [-0.39, 0.29) is 37.5 Å². The topological polar surface area (TPSA) is 78.9 Å². The second kappa shape index (κ2) is 56.1. The van der Waals surface area contributed by atoms with E-state index in [1.54, 1.807) is 0 Å². The molecular weight excluding hydrogens is 853 g/mol. The summed E-state index contributed by atoms with van der Waals surface area (Å²) < 4.78 is 16.8. The highest BCUT2D eigenvalue weighted by molar-refractivity contribution is 5.71. The normalized spacial score (nSPS) is 13.1. The lowest BCUT2D eigenvalue weighted by atomic mass is 10.1. The number of esters is 3. The average Bonchev–Trinajstić information content (AvgIpc) is 3.35. The van der Waals surface area contributed by atoms with Gasteiger partial charge in [0.1, 0.15) is 13.2 Å². The molecule has 0 heterocycles. The molecule has 69 heavy (non-hydrogen) atoms. The first-order chi connectivity index (χ1) is 34.0. The zero-order valence-corrected chi connectivity index (χ0v) is 44.3. The van der Waals surface area contributed by atoms with Crippen molar-refractivity contribution in [2.75, 3.05) is 13.2 Å². The number of carbonyl (C=O) groups excluding carboxylic acids is 3. The molecule has 0 saturated heterocycles. The average molecular weight is 953 g/mol. The lowest BCUT2D eigenvalue weighted by Gasteiger charge is -2.18. The summed E-state index contributed by atoms with van der Waals surface area (Å²) >= 11 is 0. The summed E-state index contributed by atoms with van der Waals surface area (Å²) in [6.07, 6.45) is 78.7. The molecule has 1 unspecified atom stereocenters. The Hall–Kier alpha value is -4.45. The van der Waals surface area contributed by atoms with Crippen LogP contribution in [0.5, 0.6) is 0 Å². The van der Waals surface area contributed by atoms with Crippen molar-refractivity contribution in [3.8, 4) is 0 Å². The van der Waals surface area contributed by atoms with E-state index in [2.05, 4.69) is 154 Å². The predicted molar refractivity (Wildman–Crippen MR) is 297 cm³/mol. The van der Waals surface area contributed by atoms with Gasteiger partial charge < -0.3 is 14.2 Å². The van der Waals surface area contributed by atoms with Crippen LogP contribution >= 0.6 is 0 Å². The Labute approximate surface area is 424 Å². The van der Waals surface area contributed by atoms with Crippen LogP contribution < -0.4 is 0 Å². The van der Waals surface area contributed by atoms with E-state index in [1.165, 1.54) is 38.5 Å². The second-order valence-electron chi connectivity index (χ2n) is 17.7. The summed E-state index contributed by atoms with van der Waals surface area (Å²) in [5, 5.41) is 0. The Kier molecular flexibility index (Phi) is 52.5. The molecule has 388 valence electrons. The van der Waals surface area contributed by atoms with Crippen LogP contribution in [0.4, 0.5) is 0 Å². The molecule has 1 atom stereocenters. The number of ether oxygens (including phenoxy) is 3. The van der Waals surface area contributed by atoms with Gasteiger partial charge in [0.05, 0.1) is 0 Å². The fourth-order valence-electron chi connectivity index (χ4n) is 7.08. The molecular formula is C63H100O6. The van der Waals surface area contributed by atoms with Crippen molar-refractivity contribution in [2.24, 2.45) is 0 Å². The molecule has 0 radical (unpaired) electrons. The molecule has 0 aromatic heterocycles. The predicted octanol–water partition coefficient (Wildman–Crippen LogP) is 18.6. The minimum atomic E-state index is -0.816. The highest BCUT2D eigenvalue weighted by atomic mass is 16.6. The largest absolute Gasteiger partial charge is 0.462 e. The van der Waals surface area contributed by atoms with Gasteiger partial charge in [-0.15, -0.1) is 0 Å². The first-order valence-corrected chi connectivity index (χ1v) is 27.7. The molecule has 0 fully saturated rings.